The van der Waals surface area contributed by atoms with E-state index in [4.69, 9.17) is 4.74 Å². The normalized spacial score (nSPS) is 30.5. The molecule has 2 heterocycles. The molecule has 1 aromatic carbocycles. The van der Waals surface area contributed by atoms with Crippen molar-refractivity contribution in [2.45, 2.75) is 43.2 Å². The van der Waals surface area contributed by atoms with Gasteiger partial charge >= 0.3 is 0 Å². The number of aliphatic hydroxyl groups is 1. The van der Waals surface area contributed by atoms with Gasteiger partial charge in [0.25, 0.3) is 0 Å². The average Bonchev–Trinajstić information content (AvgIpc) is 2.98. The van der Waals surface area contributed by atoms with Crippen molar-refractivity contribution in [3.8, 4) is 0 Å². The van der Waals surface area contributed by atoms with E-state index in [1.54, 1.807) is 16.4 Å². The zero-order chi connectivity index (χ0) is 15.7. The molecular weight excluding hydrogens is 302 g/mol. The fraction of sp³-hybridized carbons (Fsp3) is 0.625. The highest BCUT2D eigenvalue weighted by molar-refractivity contribution is 7.89. The standard InChI is InChI=1S/C16H23NO4S/c1-12-5-2-3-7-16(12)22(19,20)17-9-4-6-14(17)13-11-21-10-8-15(13)18/h2-3,5,7,13-15,18H,4,6,8-11H2,1H3/t13-,14-,15+/m1/s1. The third-order valence-electron chi connectivity index (χ3n) is 4.79. The van der Waals surface area contributed by atoms with Crippen LogP contribution in [0, 0.1) is 12.8 Å². The highest BCUT2D eigenvalue weighted by atomic mass is 32.2. The van der Waals surface area contributed by atoms with Crippen molar-refractivity contribution >= 4 is 10.0 Å². The first-order chi connectivity index (χ1) is 10.5. The fourth-order valence-corrected chi connectivity index (χ4v) is 5.55. The second-order valence-corrected chi connectivity index (χ2v) is 8.04. The summed E-state index contributed by atoms with van der Waals surface area (Å²) in [5, 5.41) is 10.2. The molecule has 2 fully saturated rings. The lowest BCUT2D eigenvalue weighted by atomic mass is 9.90. The summed E-state index contributed by atoms with van der Waals surface area (Å²) in [6, 6.07) is 6.91. The molecule has 0 bridgehead atoms. The molecule has 5 nitrogen and oxygen atoms in total. The van der Waals surface area contributed by atoms with Gasteiger partial charge in [-0.15, -0.1) is 0 Å². The van der Waals surface area contributed by atoms with Crippen molar-refractivity contribution in [1.82, 2.24) is 4.31 Å². The summed E-state index contributed by atoms with van der Waals surface area (Å²) in [7, 11) is -3.52. The van der Waals surface area contributed by atoms with Crippen LogP contribution in [0.1, 0.15) is 24.8 Å². The SMILES string of the molecule is Cc1ccccc1S(=O)(=O)N1CCC[C@@H]1[C@H]1COCC[C@@H]1O. The van der Waals surface area contributed by atoms with Gasteiger partial charge in [-0.25, -0.2) is 8.42 Å². The largest absolute Gasteiger partial charge is 0.393 e. The topological polar surface area (TPSA) is 66.8 Å². The van der Waals surface area contributed by atoms with Crippen LogP contribution in [0.15, 0.2) is 29.2 Å². The highest BCUT2D eigenvalue weighted by Crippen LogP contribution is 2.34. The van der Waals surface area contributed by atoms with Crippen LogP contribution in [0.2, 0.25) is 0 Å². The van der Waals surface area contributed by atoms with Crippen LogP contribution in [0.5, 0.6) is 0 Å². The minimum atomic E-state index is -3.52. The minimum absolute atomic E-state index is 0.130. The molecule has 0 spiro atoms. The Balaban J connectivity index is 1.91. The first-order valence-corrected chi connectivity index (χ1v) is 9.29. The summed E-state index contributed by atoms with van der Waals surface area (Å²) in [6.07, 6.45) is 1.72. The second kappa shape index (κ2) is 6.28. The Labute approximate surface area is 131 Å². The van der Waals surface area contributed by atoms with E-state index in [9.17, 15) is 13.5 Å². The van der Waals surface area contributed by atoms with Crippen LogP contribution in [-0.2, 0) is 14.8 Å². The molecule has 0 saturated carbocycles. The van der Waals surface area contributed by atoms with Gasteiger partial charge in [0, 0.05) is 25.1 Å². The van der Waals surface area contributed by atoms with E-state index in [1.165, 1.54) is 0 Å². The number of hydrogen-bond donors (Lipinski definition) is 1. The molecule has 3 atom stereocenters. The lowest BCUT2D eigenvalue weighted by molar-refractivity contribution is -0.0543. The molecule has 0 radical (unpaired) electrons. The molecule has 22 heavy (non-hydrogen) atoms. The smallest absolute Gasteiger partial charge is 0.243 e. The van der Waals surface area contributed by atoms with Gasteiger partial charge < -0.3 is 9.84 Å². The monoisotopic (exact) mass is 325 g/mol. The molecule has 0 aliphatic carbocycles. The molecule has 0 unspecified atom stereocenters. The van der Waals surface area contributed by atoms with E-state index in [0.29, 0.717) is 31.1 Å². The van der Waals surface area contributed by atoms with Crippen LogP contribution in [0.3, 0.4) is 0 Å². The van der Waals surface area contributed by atoms with Crippen LogP contribution >= 0.6 is 0 Å². The first kappa shape index (κ1) is 15.9. The van der Waals surface area contributed by atoms with Crippen LogP contribution in [0.25, 0.3) is 0 Å². The molecule has 3 rings (SSSR count). The number of nitrogens with zero attached hydrogens (tertiary/aromatic N) is 1. The van der Waals surface area contributed by atoms with Gasteiger partial charge in [0.2, 0.25) is 10.0 Å². The van der Waals surface area contributed by atoms with Gasteiger partial charge in [0.05, 0.1) is 17.6 Å². The van der Waals surface area contributed by atoms with Crippen LogP contribution in [0.4, 0.5) is 0 Å². The molecule has 2 aliphatic heterocycles. The number of sulfonamides is 1. The molecule has 0 aromatic heterocycles. The van der Waals surface area contributed by atoms with Crippen molar-refractivity contribution < 1.29 is 18.3 Å². The fourth-order valence-electron chi connectivity index (χ4n) is 3.58. The Hall–Kier alpha value is -0.950. The molecule has 122 valence electrons. The van der Waals surface area contributed by atoms with Crippen LogP contribution in [-0.4, -0.2) is 49.7 Å². The third kappa shape index (κ3) is 2.80. The summed E-state index contributed by atoms with van der Waals surface area (Å²) < 4.78 is 33.1. The van der Waals surface area contributed by atoms with E-state index in [2.05, 4.69) is 0 Å². The Morgan fingerprint density at radius 2 is 2.05 bits per heavy atom. The Kier molecular flexibility index (Phi) is 4.54. The van der Waals surface area contributed by atoms with Crippen molar-refractivity contribution in [2.75, 3.05) is 19.8 Å². The van der Waals surface area contributed by atoms with Gasteiger partial charge in [-0.2, -0.15) is 4.31 Å². The first-order valence-electron chi connectivity index (χ1n) is 7.85. The number of hydrogen-bond acceptors (Lipinski definition) is 4. The van der Waals surface area contributed by atoms with Gasteiger partial charge in [-0.05, 0) is 37.8 Å². The van der Waals surface area contributed by atoms with Crippen molar-refractivity contribution in [3.05, 3.63) is 29.8 Å². The number of benzene rings is 1. The Bertz CT molecular complexity index is 631. The summed E-state index contributed by atoms with van der Waals surface area (Å²) in [5.41, 5.74) is 0.758. The van der Waals surface area contributed by atoms with E-state index >= 15 is 0 Å². The summed E-state index contributed by atoms with van der Waals surface area (Å²) in [6.45, 7) is 3.32. The van der Waals surface area contributed by atoms with Gasteiger partial charge in [0.1, 0.15) is 0 Å². The minimum Gasteiger partial charge on any atom is -0.393 e. The van der Waals surface area contributed by atoms with Gasteiger partial charge in [-0.1, -0.05) is 18.2 Å². The second-order valence-electron chi connectivity index (χ2n) is 6.19. The maximum atomic E-state index is 13.0. The highest BCUT2D eigenvalue weighted by Gasteiger charge is 2.43. The van der Waals surface area contributed by atoms with Crippen LogP contribution < -0.4 is 0 Å². The van der Waals surface area contributed by atoms with E-state index in [-0.39, 0.29) is 12.0 Å². The molecule has 1 aromatic rings. The number of ether oxygens (including phenoxy) is 1. The van der Waals surface area contributed by atoms with Crippen molar-refractivity contribution in [3.63, 3.8) is 0 Å². The lowest BCUT2D eigenvalue weighted by Gasteiger charge is -2.36. The molecule has 2 aliphatic rings. The third-order valence-corrected chi connectivity index (χ3v) is 6.87. The van der Waals surface area contributed by atoms with E-state index < -0.39 is 16.1 Å². The van der Waals surface area contributed by atoms with Crippen molar-refractivity contribution in [2.24, 2.45) is 5.92 Å². The Morgan fingerprint density at radius 3 is 2.77 bits per heavy atom. The number of aryl methyl sites for hydroxylation is 1. The molecule has 6 heteroatoms. The molecule has 1 N–H and O–H groups in total. The lowest BCUT2D eigenvalue weighted by Crippen LogP contribution is -2.48. The molecule has 0 amide bonds. The Morgan fingerprint density at radius 1 is 1.27 bits per heavy atom. The summed E-state index contributed by atoms with van der Waals surface area (Å²) >= 11 is 0. The maximum Gasteiger partial charge on any atom is 0.243 e. The zero-order valence-electron chi connectivity index (χ0n) is 12.8. The average molecular weight is 325 g/mol. The maximum absolute atomic E-state index is 13.0. The number of rotatable bonds is 3. The molecular formula is C16H23NO4S. The zero-order valence-corrected chi connectivity index (χ0v) is 13.6. The predicted molar refractivity (Wildman–Crippen MR) is 83.0 cm³/mol. The summed E-state index contributed by atoms with van der Waals surface area (Å²) in [5.74, 6) is -0.130. The van der Waals surface area contributed by atoms with Crippen molar-refractivity contribution in [1.29, 1.82) is 0 Å². The van der Waals surface area contributed by atoms with E-state index in [1.807, 2.05) is 19.1 Å². The van der Waals surface area contributed by atoms with E-state index in [0.717, 1.165) is 18.4 Å². The van der Waals surface area contributed by atoms with Gasteiger partial charge in [-0.3, -0.25) is 0 Å². The quantitative estimate of drug-likeness (QED) is 0.915. The summed E-state index contributed by atoms with van der Waals surface area (Å²) in [4.78, 5) is 0.369. The van der Waals surface area contributed by atoms with Gasteiger partial charge in [0.15, 0.2) is 0 Å². The number of aliphatic hydroxyl groups excluding tert-OH is 1. The predicted octanol–water partition coefficient (Wildman–Crippen LogP) is 1.55. The molecule has 2 saturated heterocycles.